The van der Waals surface area contributed by atoms with E-state index in [0.29, 0.717) is 6.54 Å². The van der Waals surface area contributed by atoms with Crippen molar-refractivity contribution in [3.8, 4) is 0 Å². The van der Waals surface area contributed by atoms with Crippen molar-refractivity contribution in [3.05, 3.63) is 60.2 Å². The zero-order valence-electron chi connectivity index (χ0n) is 14.9. The molecular weight excluding hydrogens is 350 g/mol. The number of hydrogen-bond acceptors (Lipinski definition) is 4. The van der Waals surface area contributed by atoms with Crippen molar-refractivity contribution in [2.45, 2.75) is 38.0 Å². The molecule has 4 N–H and O–H groups in total. The maximum Gasteiger partial charge on any atom is 0.253 e. The molecule has 6 heteroatoms. The minimum Gasteiger partial charge on any atom is -0.379 e. The Balaban J connectivity index is 0.00000243. The molecule has 3 atom stereocenters. The summed E-state index contributed by atoms with van der Waals surface area (Å²) in [5.41, 5.74) is 8.59. The SMILES string of the molecule is CC(Nc1ccc(NC(=O)[C@@H]2CC[C@H](CN)O2)cc1)c1ccccc1.Cl. The van der Waals surface area contributed by atoms with Gasteiger partial charge in [0.25, 0.3) is 5.91 Å². The third-order valence-electron chi connectivity index (χ3n) is 4.50. The van der Waals surface area contributed by atoms with Crippen LogP contribution in [0, 0.1) is 0 Å². The van der Waals surface area contributed by atoms with Crippen LogP contribution in [0.15, 0.2) is 54.6 Å². The number of rotatable bonds is 6. The van der Waals surface area contributed by atoms with Crippen molar-refractivity contribution < 1.29 is 9.53 Å². The number of carbonyl (C=O) groups is 1. The number of ether oxygens (including phenoxy) is 1. The molecule has 0 spiro atoms. The molecule has 2 aromatic carbocycles. The second-order valence-corrected chi connectivity index (χ2v) is 6.40. The highest BCUT2D eigenvalue weighted by molar-refractivity contribution is 5.94. The van der Waals surface area contributed by atoms with E-state index < -0.39 is 6.10 Å². The molecule has 1 aliphatic rings. The largest absolute Gasteiger partial charge is 0.379 e. The first-order chi connectivity index (χ1) is 12.2. The average molecular weight is 376 g/mol. The third kappa shape index (κ3) is 5.21. The molecule has 1 amide bonds. The van der Waals surface area contributed by atoms with E-state index in [1.165, 1.54) is 5.56 Å². The van der Waals surface area contributed by atoms with Gasteiger partial charge in [-0.05, 0) is 49.6 Å². The summed E-state index contributed by atoms with van der Waals surface area (Å²) in [4.78, 5) is 12.2. The summed E-state index contributed by atoms with van der Waals surface area (Å²) >= 11 is 0. The van der Waals surface area contributed by atoms with Crippen molar-refractivity contribution in [1.29, 1.82) is 0 Å². The van der Waals surface area contributed by atoms with E-state index in [-0.39, 0.29) is 30.5 Å². The van der Waals surface area contributed by atoms with E-state index in [1.807, 2.05) is 42.5 Å². The summed E-state index contributed by atoms with van der Waals surface area (Å²) in [6.07, 6.45) is 1.17. The third-order valence-corrected chi connectivity index (χ3v) is 4.50. The zero-order chi connectivity index (χ0) is 17.6. The number of hydrogen-bond donors (Lipinski definition) is 3. The van der Waals surface area contributed by atoms with Crippen LogP contribution in [0.1, 0.15) is 31.4 Å². The quantitative estimate of drug-likeness (QED) is 0.719. The van der Waals surface area contributed by atoms with Crippen LogP contribution in [-0.4, -0.2) is 24.7 Å². The first kappa shape index (κ1) is 20.2. The van der Waals surface area contributed by atoms with Gasteiger partial charge in [-0.25, -0.2) is 0 Å². The fourth-order valence-electron chi connectivity index (χ4n) is 3.02. The van der Waals surface area contributed by atoms with Gasteiger partial charge in [0.1, 0.15) is 6.10 Å². The topological polar surface area (TPSA) is 76.4 Å². The second-order valence-electron chi connectivity index (χ2n) is 6.40. The van der Waals surface area contributed by atoms with Gasteiger partial charge >= 0.3 is 0 Å². The monoisotopic (exact) mass is 375 g/mol. The Kier molecular flexibility index (Phi) is 7.45. The lowest BCUT2D eigenvalue weighted by Gasteiger charge is -2.16. The molecule has 5 nitrogen and oxygen atoms in total. The summed E-state index contributed by atoms with van der Waals surface area (Å²) in [6, 6.07) is 18.2. The Morgan fingerprint density at radius 3 is 2.38 bits per heavy atom. The van der Waals surface area contributed by atoms with Gasteiger partial charge in [-0.2, -0.15) is 0 Å². The highest BCUT2D eigenvalue weighted by atomic mass is 35.5. The smallest absolute Gasteiger partial charge is 0.253 e. The van der Waals surface area contributed by atoms with Gasteiger partial charge in [0.05, 0.1) is 6.10 Å². The zero-order valence-corrected chi connectivity index (χ0v) is 15.7. The lowest BCUT2D eigenvalue weighted by molar-refractivity contribution is -0.126. The lowest BCUT2D eigenvalue weighted by Crippen LogP contribution is -2.29. The molecule has 0 aliphatic carbocycles. The van der Waals surface area contributed by atoms with Crippen molar-refractivity contribution in [3.63, 3.8) is 0 Å². The summed E-state index contributed by atoms with van der Waals surface area (Å²) in [5, 5.41) is 6.36. The predicted octanol–water partition coefficient (Wildman–Crippen LogP) is 3.73. The Labute approximate surface area is 160 Å². The van der Waals surface area contributed by atoms with Crippen LogP contribution in [-0.2, 0) is 9.53 Å². The maximum absolute atomic E-state index is 12.2. The lowest BCUT2D eigenvalue weighted by atomic mass is 10.1. The molecule has 1 fully saturated rings. The van der Waals surface area contributed by atoms with E-state index >= 15 is 0 Å². The number of benzene rings is 2. The van der Waals surface area contributed by atoms with Crippen LogP contribution in [0.4, 0.5) is 11.4 Å². The molecular formula is C20H26ClN3O2. The van der Waals surface area contributed by atoms with Crippen LogP contribution in [0.3, 0.4) is 0 Å². The molecule has 2 aromatic rings. The molecule has 1 aliphatic heterocycles. The Bertz CT molecular complexity index is 694. The van der Waals surface area contributed by atoms with Crippen molar-refractivity contribution >= 4 is 29.7 Å². The van der Waals surface area contributed by atoms with Crippen LogP contribution < -0.4 is 16.4 Å². The highest BCUT2D eigenvalue weighted by Crippen LogP contribution is 2.23. The standard InChI is InChI=1S/C20H25N3O2.ClH/c1-14(15-5-3-2-4-6-15)22-16-7-9-17(10-8-16)23-20(24)19-12-11-18(13-21)25-19;/h2-10,14,18-19,22H,11-13,21H2,1H3,(H,23,24);1H/t14?,18-,19+;/m1./s1. The number of halogens is 1. The minimum absolute atomic E-state index is 0. The number of nitrogens with two attached hydrogens (primary N) is 1. The maximum atomic E-state index is 12.2. The van der Waals surface area contributed by atoms with Crippen molar-refractivity contribution in [2.24, 2.45) is 5.73 Å². The van der Waals surface area contributed by atoms with Crippen LogP contribution in [0.25, 0.3) is 0 Å². The van der Waals surface area contributed by atoms with E-state index in [1.54, 1.807) is 0 Å². The molecule has 0 radical (unpaired) electrons. The van der Waals surface area contributed by atoms with Gasteiger partial charge < -0.3 is 21.1 Å². The van der Waals surface area contributed by atoms with Gasteiger partial charge in [-0.1, -0.05) is 30.3 Å². The number of amides is 1. The molecule has 26 heavy (non-hydrogen) atoms. The first-order valence-corrected chi connectivity index (χ1v) is 8.73. The highest BCUT2D eigenvalue weighted by Gasteiger charge is 2.29. The Morgan fingerprint density at radius 1 is 1.12 bits per heavy atom. The number of nitrogens with one attached hydrogen (secondary N) is 2. The molecule has 3 rings (SSSR count). The minimum atomic E-state index is -0.399. The van der Waals surface area contributed by atoms with E-state index in [9.17, 15) is 4.79 Å². The van der Waals surface area contributed by atoms with Crippen LogP contribution in [0.5, 0.6) is 0 Å². The molecule has 1 saturated heterocycles. The van der Waals surface area contributed by atoms with Gasteiger partial charge in [0.15, 0.2) is 0 Å². The average Bonchev–Trinajstić information content (AvgIpc) is 3.13. The number of anilines is 2. The molecule has 140 valence electrons. The Morgan fingerprint density at radius 2 is 1.77 bits per heavy atom. The first-order valence-electron chi connectivity index (χ1n) is 8.73. The van der Waals surface area contributed by atoms with Crippen LogP contribution >= 0.6 is 12.4 Å². The van der Waals surface area contributed by atoms with E-state index in [4.69, 9.17) is 10.5 Å². The summed E-state index contributed by atoms with van der Waals surface area (Å²) in [5.74, 6) is -0.102. The molecule has 1 heterocycles. The fraction of sp³-hybridized carbons (Fsp3) is 0.350. The Hall–Kier alpha value is -2.08. The molecule has 0 aromatic heterocycles. The van der Waals surface area contributed by atoms with Gasteiger partial charge in [0, 0.05) is 24.0 Å². The molecule has 1 unspecified atom stereocenters. The number of carbonyl (C=O) groups excluding carboxylic acids is 1. The summed E-state index contributed by atoms with van der Waals surface area (Å²) in [6.45, 7) is 2.58. The molecule has 0 saturated carbocycles. The second kappa shape index (κ2) is 9.57. The summed E-state index contributed by atoms with van der Waals surface area (Å²) < 4.78 is 5.62. The van der Waals surface area contributed by atoms with Gasteiger partial charge in [0.2, 0.25) is 0 Å². The predicted molar refractivity (Wildman–Crippen MR) is 108 cm³/mol. The normalized spacial score (nSPS) is 20.1. The molecule has 0 bridgehead atoms. The van der Waals surface area contributed by atoms with Crippen LogP contribution in [0.2, 0.25) is 0 Å². The van der Waals surface area contributed by atoms with Crippen molar-refractivity contribution in [1.82, 2.24) is 0 Å². The van der Waals surface area contributed by atoms with Gasteiger partial charge in [-0.3, -0.25) is 4.79 Å². The van der Waals surface area contributed by atoms with E-state index in [0.717, 1.165) is 24.2 Å². The fourth-order valence-corrected chi connectivity index (χ4v) is 3.02. The van der Waals surface area contributed by atoms with Gasteiger partial charge in [-0.15, -0.1) is 12.4 Å². The van der Waals surface area contributed by atoms with E-state index in [2.05, 4.69) is 29.7 Å². The van der Waals surface area contributed by atoms with Crippen molar-refractivity contribution in [2.75, 3.05) is 17.2 Å². The summed E-state index contributed by atoms with van der Waals surface area (Å²) in [7, 11) is 0.